The number of nitrogens with zero attached hydrogens (tertiary/aromatic N) is 3. The smallest absolute Gasteiger partial charge is 0.275 e. The maximum atomic E-state index is 12.6. The topological polar surface area (TPSA) is 112 Å². The van der Waals surface area contributed by atoms with Crippen molar-refractivity contribution in [1.29, 1.82) is 0 Å². The second kappa shape index (κ2) is 6.99. The number of nitro groups is 1. The third kappa shape index (κ3) is 3.22. The van der Waals surface area contributed by atoms with Gasteiger partial charge >= 0.3 is 0 Å². The molecular formula is C14H18N4O4. The van der Waals surface area contributed by atoms with Crippen molar-refractivity contribution in [3.05, 3.63) is 34.0 Å². The molecule has 8 heteroatoms. The Morgan fingerprint density at radius 2 is 2.23 bits per heavy atom. The molecule has 0 unspecified atom stereocenters. The van der Waals surface area contributed by atoms with E-state index in [9.17, 15) is 14.9 Å². The number of aromatic amines is 1. The number of unbranched alkanes of at least 4 members (excludes halogenated alkanes) is 1. The van der Waals surface area contributed by atoms with Gasteiger partial charge in [-0.3, -0.25) is 20.0 Å². The number of benzene rings is 1. The van der Waals surface area contributed by atoms with Gasteiger partial charge in [-0.2, -0.15) is 5.10 Å². The van der Waals surface area contributed by atoms with E-state index < -0.39 is 4.92 Å². The van der Waals surface area contributed by atoms with Gasteiger partial charge in [-0.05, 0) is 12.5 Å². The van der Waals surface area contributed by atoms with E-state index in [1.807, 2.05) is 6.92 Å². The summed E-state index contributed by atoms with van der Waals surface area (Å²) in [5, 5.41) is 27.1. The van der Waals surface area contributed by atoms with Crippen LogP contribution in [0.4, 0.5) is 5.69 Å². The molecule has 118 valence electrons. The fourth-order valence-corrected chi connectivity index (χ4v) is 2.21. The number of H-pyrrole nitrogens is 1. The predicted octanol–water partition coefficient (Wildman–Crippen LogP) is 1.71. The van der Waals surface area contributed by atoms with Crippen LogP contribution in [0.2, 0.25) is 0 Å². The first-order chi connectivity index (χ1) is 10.6. The summed E-state index contributed by atoms with van der Waals surface area (Å²) < 4.78 is 0. The average molecular weight is 306 g/mol. The van der Waals surface area contributed by atoms with Crippen LogP contribution in [0.3, 0.4) is 0 Å². The zero-order chi connectivity index (χ0) is 16.1. The average Bonchev–Trinajstić information content (AvgIpc) is 2.93. The summed E-state index contributed by atoms with van der Waals surface area (Å²) in [6.07, 6.45) is 1.73. The standard InChI is InChI=1S/C14H18N4O4/c1-2-3-6-17(7-8-19)14(20)13-11-9-10(18(21)22)4-5-12(11)15-16-13/h4-5,9,19H,2-3,6-8H2,1H3,(H,15,16). The molecule has 0 spiro atoms. The van der Waals surface area contributed by atoms with Gasteiger partial charge in [0, 0.05) is 30.6 Å². The first kappa shape index (κ1) is 15.9. The Hall–Kier alpha value is -2.48. The molecule has 22 heavy (non-hydrogen) atoms. The van der Waals surface area contributed by atoms with Crippen molar-refractivity contribution in [3.63, 3.8) is 0 Å². The number of carbonyl (C=O) groups is 1. The summed E-state index contributed by atoms with van der Waals surface area (Å²) in [5.74, 6) is -0.339. The van der Waals surface area contributed by atoms with Gasteiger partial charge in [-0.25, -0.2) is 0 Å². The lowest BCUT2D eigenvalue weighted by Crippen LogP contribution is -2.34. The molecule has 0 fully saturated rings. The SMILES string of the molecule is CCCCN(CCO)C(=O)c1n[nH]c2ccc([N+](=O)[O-])cc12. The van der Waals surface area contributed by atoms with Crippen LogP contribution in [0, 0.1) is 10.1 Å². The number of non-ortho nitro benzene ring substituents is 1. The van der Waals surface area contributed by atoms with Crippen molar-refractivity contribution in [2.75, 3.05) is 19.7 Å². The number of amides is 1. The lowest BCUT2D eigenvalue weighted by molar-refractivity contribution is -0.384. The molecule has 0 bridgehead atoms. The van der Waals surface area contributed by atoms with Crippen LogP contribution >= 0.6 is 0 Å². The molecule has 1 aromatic carbocycles. The highest BCUT2D eigenvalue weighted by Gasteiger charge is 2.21. The second-order valence-electron chi connectivity index (χ2n) is 4.93. The molecule has 0 aliphatic carbocycles. The molecule has 1 aromatic heterocycles. The first-order valence-corrected chi connectivity index (χ1v) is 7.11. The number of aliphatic hydroxyl groups excluding tert-OH is 1. The first-order valence-electron chi connectivity index (χ1n) is 7.11. The van der Waals surface area contributed by atoms with E-state index in [2.05, 4.69) is 10.2 Å². The van der Waals surface area contributed by atoms with Crippen molar-refractivity contribution in [2.45, 2.75) is 19.8 Å². The number of fused-ring (bicyclic) bond motifs is 1. The molecule has 0 atom stereocenters. The van der Waals surface area contributed by atoms with E-state index in [0.29, 0.717) is 17.4 Å². The second-order valence-corrected chi connectivity index (χ2v) is 4.93. The van der Waals surface area contributed by atoms with E-state index in [4.69, 9.17) is 5.11 Å². The Bertz CT molecular complexity index is 683. The number of carbonyl (C=O) groups excluding carboxylic acids is 1. The fourth-order valence-electron chi connectivity index (χ4n) is 2.21. The number of nitrogens with one attached hydrogen (secondary N) is 1. The maximum Gasteiger partial charge on any atom is 0.275 e. The van der Waals surface area contributed by atoms with E-state index in [1.165, 1.54) is 23.1 Å². The maximum absolute atomic E-state index is 12.6. The Kier molecular flexibility index (Phi) is 5.05. The molecule has 0 aliphatic heterocycles. The van der Waals surface area contributed by atoms with Crippen molar-refractivity contribution < 1.29 is 14.8 Å². The van der Waals surface area contributed by atoms with Gasteiger partial charge in [0.15, 0.2) is 5.69 Å². The Morgan fingerprint density at radius 1 is 1.45 bits per heavy atom. The number of aliphatic hydroxyl groups is 1. The van der Waals surface area contributed by atoms with Crippen LogP contribution in [0.25, 0.3) is 10.9 Å². The van der Waals surface area contributed by atoms with Crippen LogP contribution in [0.15, 0.2) is 18.2 Å². The van der Waals surface area contributed by atoms with Crippen LogP contribution in [-0.4, -0.2) is 50.7 Å². The minimum atomic E-state index is -0.511. The Morgan fingerprint density at radius 3 is 2.86 bits per heavy atom. The molecule has 2 rings (SSSR count). The van der Waals surface area contributed by atoms with Crippen LogP contribution in [-0.2, 0) is 0 Å². The van der Waals surface area contributed by atoms with Gasteiger partial charge in [-0.15, -0.1) is 0 Å². The van der Waals surface area contributed by atoms with Crippen LogP contribution < -0.4 is 0 Å². The van der Waals surface area contributed by atoms with Crippen molar-refractivity contribution in [3.8, 4) is 0 Å². The molecule has 0 radical (unpaired) electrons. The monoisotopic (exact) mass is 306 g/mol. The highest BCUT2D eigenvalue weighted by atomic mass is 16.6. The number of nitro benzene ring substituents is 1. The minimum absolute atomic E-state index is 0.0924. The van der Waals surface area contributed by atoms with E-state index in [0.717, 1.165) is 12.8 Å². The van der Waals surface area contributed by atoms with Crippen LogP contribution in [0.1, 0.15) is 30.3 Å². The third-order valence-corrected chi connectivity index (χ3v) is 3.40. The van der Waals surface area contributed by atoms with Crippen molar-refractivity contribution >= 4 is 22.5 Å². The summed E-state index contributed by atoms with van der Waals surface area (Å²) >= 11 is 0. The van der Waals surface area contributed by atoms with Gasteiger partial charge < -0.3 is 10.0 Å². The molecule has 2 aromatic rings. The van der Waals surface area contributed by atoms with Crippen LogP contribution in [0.5, 0.6) is 0 Å². The fraction of sp³-hybridized carbons (Fsp3) is 0.429. The lowest BCUT2D eigenvalue weighted by Gasteiger charge is -2.20. The number of aromatic nitrogens is 2. The predicted molar refractivity (Wildman–Crippen MR) is 80.6 cm³/mol. The zero-order valence-electron chi connectivity index (χ0n) is 12.3. The number of rotatable bonds is 7. The molecular weight excluding hydrogens is 288 g/mol. The molecule has 8 nitrogen and oxygen atoms in total. The molecule has 0 aliphatic rings. The zero-order valence-corrected chi connectivity index (χ0v) is 12.3. The third-order valence-electron chi connectivity index (χ3n) is 3.40. The van der Waals surface area contributed by atoms with Crippen molar-refractivity contribution in [1.82, 2.24) is 15.1 Å². The van der Waals surface area contributed by atoms with E-state index >= 15 is 0 Å². The molecule has 1 heterocycles. The van der Waals surface area contributed by atoms with Gasteiger partial charge in [0.25, 0.3) is 11.6 Å². The molecule has 0 saturated carbocycles. The van der Waals surface area contributed by atoms with E-state index in [-0.39, 0.29) is 30.4 Å². The summed E-state index contributed by atoms with van der Waals surface area (Å²) in [7, 11) is 0. The van der Waals surface area contributed by atoms with E-state index in [1.54, 1.807) is 0 Å². The number of hydrogen-bond acceptors (Lipinski definition) is 5. The summed E-state index contributed by atoms with van der Waals surface area (Å²) in [6.45, 7) is 2.59. The van der Waals surface area contributed by atoms with Gasteiger partial charge in [0.05, 0.1) is 17.0 Å². The van der Waals surface area contributed by atoms with Gasteiger partial charge in [-0.1, -0.05) is 13.3 Å². The van der Waals surface area contributed by atoms with Gasteiger partial charge in [0.2, 0.25) is 0 Å². The minimum Gasteiger partial charge on any atom is -0.395 e. The normalized spacial score (nSPS) is 10.8. The summed E-state index contributed by atoms with van der Waals surface area (Å²) in [5.41, 5.74) is 0.613. The lowest BCUT2D eigenvalue weighted by atomic mass is 10.1. The molecule has 0 saturated heterocycles. The Balaban J connectivity index is 2.37. The van der Waals surface area contributed by atoms with Gasteiger partial charge in [0.1, 0.15) is 0 Å². The summed E-state index contributed by atoms with van der Waals surface area (Å²) in [6, 6.07) is 4.22. The highest BCUT2D eigenvalue weighted by Crippen LogP contribution is 2.23. The molecule has 1 amide bonds. The largest absolute Gasteiger partial charge is 0.395 e. The number of hydrogen-bond donors (Lipinski definition) is 2. The van der Waals surface area contributed by atoms with Crippen molar-refractivity contribution in [2.24, 2.45) is 0 Å². The summed E-state index contributed by atoms with van der Waals surface area (Å²) in [4.78, 5) is 24.4. The quantitative estimate of drug-likeness (QED) is 0.597. The Labute approximate surface area is 126 Å². The molecule has 2 N–H and O–H groups in total. The highest BCUT2D eigenvalue weighted by molar-refractivity contribution is 6.05.